The Morgan fingerprint density at radius 1 is 1.00 bits per heavy atom. The van der Waals surface area contributed by atoms with Gasteiger partial charge in [-0.1, -0.05) is 38.1 Å². The van der Waals surface area contributed by atoms with Crippen molar-refractivity contribution in [3.05, 3.63) is 66.4 Å². The van der Waals surface area contributed by atoms with E-state index in [0.29, 0.717) is 0 Å². The number of rotatable bonds is 0. The van der Waals surface area contributed by atoms with Crippen LogP contribution in [0, 0.1) is 6.92 Å². The molecule has 0 N–H and O–H groups in total. The summed E-state index contributed by atoms with van der Waals surface area (Å²) in [6, 6.07) is 16.0. The van der Waals surface area contributed by atoms with Crippen LogP contribution in [0.5, 0.6) is 5.75 Å². The van der Waals surface area contributed by atoms with E-state index in [1.54, 1.807) is 0 Å². The molecule has 132 valence electrons. The highest BCUT2D eigenvalue weighted by molar-refractivity contribution is 5.68. The fourth-order valence-corrected chi connectivity index (χ4v) is 2.59. The number of benzene rings is 2. The second-order valence-corrected chi connectivity index (χ2v) is 5.40. The number of hydrogen-bond donors (Lipinski definition) is 0. The summed E-state index contributed by atoms with van der Waals surface area (Å²) in [6.07, 6.45) is 1.96. The molecule has 3 aromatic rings. The summed E-state index contributed by atoms with van der Waals surface area (Å²) in [5, 5.41) is 0. The number of ether oxygens (including phenoxy) is 1. The van der Waals surface area contributed by atoms with Gasteiger partial charge in [0.25, 0.3) is 5.52 Å². The Hall–Kier alpha value is -2.75. The zero-order chi connectivity index (χ0) is 18.4. The minimum atomic E-state index is 0.899. The van der Waals surface area contributed by atoms with E-state index in [1.165, 1.54) is 0 Å². The average molecular weight is 339 g/mol. The van der Waals surface area contributed by atoms with Gasteiger partial charge in [0.2, 0.25) is 5.58 Å². The average Bonchev–Trinajstić information content (AvgIpc) is 3.14. The van der Waals surface area contributed by atoms with E-state index in [1.807, 2.05) is 106 Å². The maximum atomic E-state index is 5.56. The predicted octanol–water partition coefficient (Wildman–Crippen LogP) is 4.97. The molecule has 1 aliphatic heterocycles. The molecule has 0 atom stereocenters. The van der Waals surface area contributed by atoms with Crippen LogP contribution in [0.15, 0.2) is 64.9 Å². The van der Waals surface area contributed by atoms with Gasteiger partial charge >= 0.3 is 5.89 Å². The van der Waals surface area contributed by atoms with Crippen LogP contribution in [-0.4, -0.2) is 7.05 Å². The van der Waals surface area contributed by atoms with Gasteiger partial charge in [-0.25, -0.2) is 0 Å². The number of anilines is 1. The van der Waals surface area contributed by atoms with Gasteiger partial charge in [-0.05, 0) is 31.2 Å². The lowest BCUT2D eigenvalue weighted by Crippen LogP contribution is -2.28. The summed E-state index contributed by atoms with van der Waals surface area (Å²) in [4.78, 5) is 2.04. The molecule has 4 heteroatoms. The number of para-hydroxylation sites is 4. The summed E-state index contributed by atoms with van der Waals surface area (Å²) in [5.74, 6) is 2.77. The van der Waals surface area contributed by atoms with Crippen molar-refractivity contribution in [2.24, 2.45) is 7.05 Å². The normalized spacial score (nSPS) is 13.5. The fourth-order valence-electron chi connectivity index (χ4n) is 2.59. The van der Waals surface area contributed by atoms with Crippen LogP contribution in [0.1, 0.15) is 26.7 Å². The zero-order valence-corrected chi connectivity index (χ0v) is 15.9. The van der Waals surface area contributed by atoms with Crippen LogP contribution < -0.4 is 14.2 Å². The Labute approximate surface area is 150 Å². The number of aromatic nitrogens is 1. The van der Waals surface area contributed by atoms with Crippen LogP contribution in [0.2, 0.25) is 0 Å². The highest BCUT2D eigenvalue weighted by Crippen LogP contribution is 2.36. The van der Waals surface area contributed by atoms with E-state index in [4.69, 9.17) is 9.15 Å². The van der Waals surface area contributed by atoms with Gasteiger partial charge in [0.05, 0.1) is 12.6 Å². The monoisotopic (exact) mass is 339 g/mol. The summed E-state index contributed by atoms with van der Waals surface area (Å²) >= 11 is 0. The molecule has 25 heavy (non-hydrogen) atoms. The predicted molar refractivity (Wildman–Crippen MR) is 103 cm³/mol. The summed E-state index contributed by atoms with van der Waals surface area (Å²) in [5.41, 5.74) is 3.23. The van der Waals surface area contributed by atoms with Crippen molar-refractivity contribution in [3.63, 3.8) is 0 Å². The molecule has 0 bridgehead atoms. The molecule has 0 radical (unpaired) electrons. The molecule has 0 aliphatic carbocycles. The van der Waals surface area contributed by atoms with E-state index < -0.39 is 0 Å². The molecule has 0 unspecified atom stereocenters. The number of allylic oxidation sites excluding steroid dienone is 1. The Kier molecular flexibility index (Phi) is 6.23. The summed E-state index contributed by atoms with van der Waals surface area (Å²) < 4.78 is 13.1. The van der Waals surface area contributed by atoms with Crippen LogP contribution in [0.4, 0.5) is 5.69 Å². The lowest BCUT2D eigenvalue weighted by Gasteiger charge is -2.09. The molecule has 2 aromatic carbocycles. The van der Waals surface area contributed by atoms with Crippen molar-refractivity contribution >= 4 is 16.8 Å². The van der Waals surface area contributed by atoms with E-state index in [2.05, 4.69) is 0 Å². The van der Waals surface area contributed by atoms with E-state index in [-0.39, 0.29) is 0 Å². The molecule has 1 aliphatic rings. The quantitative estimate of drug-likeness (QED) is 0.542. The first-order valence-electron chi connectivity index (χ1n) is 8.63. The van der Waals surface area contributed by atoms with Crippen molar-refractivity contribution in [2.45, 2.75) is 27.7 Å². The topological polar surface area (TPSA) is 29.5 Å². The number of nitrogens with zero attached hydrogens (tertiary/aromatic N) is 2. The van der Waals surface area contributed by atoms with Gasteiger partial charge in [0.1, 0.15) is 7.05 Å². The minimum absolute atomic E-state index is 0.899. The SMILES string of the molecule is CC.CC=C1Oc2ccccc2N1C.Cc1oc2ccccc2[n+]1C. The lowest BCUT2D eigenvalue weighted by atomic mass is 10.3. The highest BCUT2D eigenvalue weighted by Gasteiger charge is 2.20. The molecule has 0 saturated carbocycles. The number of hydrogen-bond acceptors (Lipinski definition) is 3. The second kappa shape index (κ2) is 8.38. The molecule has 0 saturated heterocycles. The smallest absolute Gasteiger partial charge is 0.344 e. The largest absolute Gasteiger partial charge is 0.439 e. The molecule has 4 nitrogen and oxygen atoms in total. The first-order valence-corrected chi connectivity index (χ1v) is 8.63. The molecule has 4 rings (SSSR count). The van der Waals surface area contributed by atoms with Gasteiger partial charge in [-0.2, -0.15) is 4.57 Å². The third-order valence-corrected chi connectivity index (χ3v) is 3.98. The minimum Gasteiger partial charge on any atom is -0.439 e. The summed E-state index contributed by atoms with van der Waals surface area (Å²) in [7, 11) is 4.00. The molecule has 0 spiro atoms. The number of aryl methyl sites for hydroxylation is 2. The molecular weight excluding hydrogens is 312 g/mol. The first-order chi connectivity index (χ1) is 12.1. The molecule has 1 aromatic heterocycles. The third kappa shape index (κ3) is 3.85. The van der Waals surface area contributed by atoms with Crippen molar-refractivity contribution in [3.8, 4) is 5.75 Å². The van der Waals surface area contributed by atoms with Crippen LogP contribution in [0.25, 0.3) is 11.1 Å². The standard InChI is InChI=1S/C10H11NO.C9H10NO.C2H6/c1-3-10-11(2)8-6-4-5-7-9(8)12-10;1-7-10(2)8-5-3-4-6-9(8)11-7;1-2/h3-7H,1-2H3;3-6H,1-2H3;1-2H3/q;+1;. The van der Waals surface area contributed by atoms with Crippen molar-refractivity contribution in [1.82, 2.24) is 0 Å². The molecule has 0 fully saturated rings. The number of fused-ring (bicyclic) bond motifs is 2. The van der Waals surface area contributed by atoms with Crippen LogP contribution in [0.3, 0.4) is 0 Å². The first kappa shape index (κ1) is 18.6. The van der Waals surface area contributed by atoms with E-state index in [0.717, 1.165) is 34.3 Å². The maximum Gasteiger partial charge on any atom is 0.344 e. The van der Waals surface area contributed by atoms with Crippen molar-refractivity contribution < 1.29 is 13.7 Å². The third-order valence-electron chi connectivity index (χ3n) is 3.98. The lowest BCUT2D eigenvalue weighted by molar-refractivity contribution is -0.657. The molecular formula is C21H27N2O2+. The second-order valence-electron chi connectivity index (χ2n) is 5.40. The molecule has 0 amide bonds. The van der Waals surface area contributed by atoms with E-state index in [9.17, 15) is 0 Å². The van der Waals surface area contributed by atoms with Gasteiger partial charge in [-0.3, -0.25) is 0 Å². The van der Waals surface area contributed by atoms with Gasteiger partial charge in [-0.15, -0.1) is 0 Å². The Balaban J connectivity index is 0.000000165. The van der Waals surface area contributed by atoms with Crippen LogP contribution >= 0.6 is 0 Å². The highest BCUT2D eigenvalue weighted by atomic mass is 16.5. The Morgan fingerprint density at radius 3 is 2.28 bits per heavy atom. The summed E-state index contributed by atoms with van der Waals surface area (Å²) in [6.45, 7) is 7.93. The van der Waals surface area contributed by atoms with Crippen molar-refractivity contribution in [2.75, 3.05) is 11.9 Å². The van der Waals surface area contributed by atoms with Gasteiger partial charge in [0, 0.05) is 13.1 Å². The maximum absolute atomic E-state index is 5.56. The van der Waals surface area contributed by atoms with E-state index >= 15 is 0 Å². The Bertz CT molecular complexity index is 865. The molecule has 2 heterocycles. The van der Waals surface area contributed by atoms with Crippen LogP contribution in [-0.2, 0) is 7.05 Å². The zero-order valence-electron chi connectivity index (χ0n) is 15.9. The Morgan fingerprint density at radius 2 is 1.64 bits per heavy atom. The number of oxazole rings is 1. The van der Waals surface area contributed by atoms with Gasteiger partial charge < -0.3 is 14.1 Å². The van der Waals surface area contributed by atoms with Gasteiger partial charge in [0.15, 0.2) is 11.6 Å². The van der Waals surface area contributed by atoms with Crippen molar-refractivity contribution in [1.29, 1.82) is 0 Å². The fraction of sp³-hybridized carbons (Fsp3) is 0.286.